The third-order valence-corrected chi connectivity index (χ3v) is 2.94. The Morgan fingerprint density at radius 2 is 2.29 bits per heavy atom. The van der Waals surface area contributed by atoms with Gasteiger partial charge in [0.2, 0.25) is 11.8 Å². The zero-order chi connectivity index (χ0) is 12.5. The number of carbonyl (C=O) groups excluding carboxylic acids is 1. The molecule has 0 aromatic carbocycles. The van der Waals surface area contributed by atoms with E-state index in [1.54, 1.807) is 12.3 Å². The second-order valence-electron chi connectivity index (χ2n) is 4.51. The van der Waals surface area contributed by atoms with Crippen molar-refractivity contribution in [1.29, 1.82) is 0 Å². The van der Waals surface area contributed by atoms with Gasteiger partial charge >= 0.3 is 0 Å². The highest BCUT2D eigenvalue weighted by atomic mass is 19.3. The summed E-state index contributed by atoms with van der Waals surface area (Å²) in [5.74, 6) is -3.25. The van der Waals surface area contributed by atoms with Gasteiger partial charge in [-0.25, -0.2) is 13.8 Å². The number of aromatic nitrogens is 1. The molecule has 0 saturated heterocycles. The Labute approximate surface area is 98.2 Å². The normalized spacial score (nSPS) is 22.4. The molecule has 92 valence electrons. The van der Waals surface area contributed by atoms with Crippen molar-refractivity contribution in [2.45, 2.75) is 32.1 Å². The SMILES string of the molecule is Cc1ccc(NC(=O)[C@@H]2CCC(F)(F)C2)nc1. The van der Waals surface area contributed by atoms with Gasteiger partial charge in [-0.15, -0.1) is 0 Å². The zero-order valence-corrected chi connectivity index (χ0v) is 9.54. The summed E-state index contributed by atoms with van der Waals surface area (Å²) in [5, 5.41) is 2.57. The first-order valence-corrected chi connectivity index (χ1v) is 5.58. The molecule has 17 heavy (non-hydrogen) atoms. The van der Waals surface area contributed by atoms with E-state index in [1.807, 2.05) is 13.0 Å². The van der Waals surface area contributed by atoms with E-state index in [9.17, 15) is 13.6 Å². The lowest BCUT2D eigenvalue weighted by molar-refractivity contribution is -0.120. The summed E-state index contributed by atoms with van der Waals surface area (Å²) in [4.78, 5) is 15.7. The summed E-state index contributed by atoms with van der Waals surface area (Å²) >= 11 is 0. The van der Waals surface area contributed by atoms with Crippen molar-refractivity contribution < 1.29 is 13.6 Å². The molecule has 0 unspecified atom stereocenters. The number of hydrogen-bond acceptors (Lipinski definition) is 2. The van der Waals surface area contributed by atoms with Crippen LogP contribution >= 0.6 is 0 Å². The van der Waals surface area contributed by atoms with Crippen molar-refractivity contribution in [2.24, 2.45) is 5.92 Å². The number of anilines is 1. The van der Waals surface area contributed by atoms with Crippen LogP contribution in [0.2, 0.25) is 0 Å². The predicted octanol–water partition coefficient (Wildman–Crippen LogP) is 2.76. The lowest BCUT2D eigenvalue weighted by atomic mass is 10.1. The van der Waals surface area contributed by atoms with Crippen LogP contribution in [-0.2, 0) is 4.79 Å². The molecule has 1 aliphatic rings. The van der Waals surface area contributed by atoms with Crippen LogP contribution in [0.25, 0.3) is 0 Å². The summed E-state index contributed by atoms with van der Waals surface area (Å²) in [7, 11) is 0. The molecular formula is C12H14F2N2O. The molecule has 0 spiro atoms. The molecule has 0 bridgehead atoms. The number of carbonyl (C=O) groups is 1. The largest absolute Gasteiger partial charge is 0.310 e. The fourth-order valence-electron chi connectivity index (χ4n) is 1.94. The van der Waals surface area contributed by atoms with Gasteiger partial charge < -0.3 is 5.32 Å². The number of halogens is 2. The minimum Gasteiger partial charge on any atom is -0.310 e. The van der Waals surface area contributed by atoms with Crippen molar-refractivity contribution >= 4 is 11.7 Å². The van der Waals surface area contributed by atoms with E-state index in [1.165, 1.54) is 0 Å². The predicted molar refractivity (Wildman–Crippen MR) is 59.9 cm³/mol. The smallest absolute Gasteiger partial charge is 0.248 e. The number of rotatable bonds is 2. The first kappa shape index (κ1) is 12.0. The maximum absolute atomic E-state index is 13.0. The monoisotopic (exact) mass is 240 g/mol. The Bertz CT molecular complexity index is 417. The van der Waals surface area contributed by atoms with E-state index in [2.05, 4.69) is 10.3 Å². The van der Waals surface area contributed by atoms with Gasteiger partial charge in [0.05, 0.1) is 0 Å². The second-order valence-corrected chi connectivity index (χ2v) is 4.51. The van der Waals surface area contributed by atoms with Gasteiger partial charge in [0.15, 0.2) is 0 Å². The van der Waals surface area contributed by atoms with Gasteiger partial charge in [0.1, 0.15) is 5.82 Å². The van der Waals surface area contributed by atoms with Crippen LogP contribution in [-0.4, -0.2) is 16.8 Å². The molecule has 1 atom stereocenters. The van der Waals surface area contributed by atoms with Crippen LogP contribution in [0.5, 0.6) is 0 Å². The Hall–Kier alpha value is -1.52. The molecule has 1 fully saturated rings. The zero-order valence-electron chi connectivity index (χ0n) is 9.54. The lowest BCUT2D eigenvalue weighted by Crippen LogP contribution is -2.22. The van der Waals surface area contributed by atoms with Crippen molar-refractivity contribution in [1.82, 2.24) is 4.98 Å². The van der Waals surface area contributed by atoms with E-state index in [0.29, 0.717) is 5.82 Å². The van der Waals surface area contributed by atoms with E-state index in [4.69, 9.17) is 0 Å². The summed E-state index contributed by atoms with van der Waals surface area (Å²) in [6, 6.07) is 3.48. The van der Waals surface area contributed by atoms with Gasteiger partial charge in [-0.3, -0.25) is 4.79 Å². The maximum Gasteiger partial charge on any atom is 0.248 e. The molecule has 1 saturated carbocycles. The number of pyridine rings is 1. The molecule has 1 N–H and O–H groups in total. The van der Waals surface area contributed by atoms with E-state index < -0.39 is 11.8 Å². The highest BCUT2D eigenvalue weighted by Gasteiger charge is 2.42. The Morgan fingerprint density at radius 3 is 2.82 bits per heavy atom. The summed E-state index contributed by atoms with van der Waals surface area (Å²) < 4.78 is 25.9. The number of amides is 1. The van der Waals surface area contributed by atoms with Crippen LogP contribution in [0.4, 0.5) is 14.6 Å². The quantitative estimate of drug-likeness (QED) is 0.863. The third-order valence-electron chi connectivity index (χ3n) is 2.94. The standard InChI is InChI=1S/C12H14F2N2O/c1-8-2-3-10(15-7-8)16-11(17)9-4-5-12(13,14)6-9/h2-3,7,9H,4-6H2,1H3,(H,15,16,17)/t9-/m1/s1. The van der Waals surface area contributed by atoms with Gasteiger partial charge in [-0.2, -0.15) is 0 Å². The highest BCUT2D eigenvalue weighted by molar-refractivity contribution is 5.91. The number of nitrogens with zero attached hydrogens (tertiary/aromatic N) is 1. The topological polar surface area (TPSA) is 42.0 Å². The van der Waals surface area contributed by atoms with Crippen LogP contribution in [0.3, 0.4) is 0 Å². The van der Waals surface area contributed by atoms with Crippen LogP contribution in [0.15, 0.2) is 18.3 Å². The van der Waals surface area contributed by atoms with Gasteiger partial charge in [-0.05, 0) is 25.0 Å². The van der Waals surface area contributed by atoms with Gasteiger partial charge in [0, 0.05) is 25.0 Å². The third kappa shape index (κ3) is 2.99. The number of alkyl halides is 2. The molecule has 1 heterocycles. The van der Waals surface area contributed by atoms with E-state index in [0.717, 1.165) is 5.56 Å². The van der Waals surface area contributed by atoms with Crippen molar-refractivity contribution in [2.75, 3.05) is 5.32 Å². The Balaban J connectivity index is 1.96. The average molecular weight is 240 g/mol. The molecule has 0 radical (unpaired) electrons. The van der Waals surface area contributed by atoms with Crippen LogP contribution < -0.4 is 5.32 Å². The Kier molecular flexibility index (Phi) is 3.09. The van der Waals surface area contributed by atoms with Crippen molar-refractivity contribution in [3.05, 3.63) is 23.9 Å². The number of aryl methyl sites for hydroxylation is 1. The molecular weight excluding hydrogens is 226 g/mol. The molecule has 2 rings (SSSR count). The maximum atomic E-state index is 13.0. The fraction of sp³-hybridized carbons (Fsp3) is 0.500. The molecule has 1 aromatic heterocycles. The minimum absolute atomic E-state index is 0.202. The molecule has 1 aliphatic carbocycles. The second kappa shape index (κ2) is 4.39. The van der Waals surface area contributed by atoms with Crippen LogP contribution in [0, 0.1) is 12.8 Å². The highest BCUT2D eigenvalue weighted by Crippen LogP contribution is 2.39. The van der Waals surface area contributed by atoms with E-state index >= 15 is 0 Å². The molecule has 1 amide bonds. The minimum atomic E-state index is -2.69. The molecule has 5 heteroatoms. The van der Waals surface area contributed by atoms with E-state index in [-0.39, 0.29) is 25.2 Å². The summed E-state index contributed by atoms with van der Waals surface area (Å²) in [5.41, 5.74) is 0.982. The van der Waals surface area contributed by atoms with Gasteiger partial charge in [-0.1, -0.05) is 6.07 Å². The van der Waals surface area contributed by atoms with Gasteiger partial charge in [0.25, 0.3) is 0 Å². The first-order chi connectivity index (χ1) is 7.96. The summed E-state index contributed by atoms with van der Waals surface area (Å²) in [6.07, 6.45) is 1.31. The molecule has 0 aliphatic heterocycles. The average Bonchev–Trinajstić information content (AvgIpc) is 2.62. The first-order valence-electron chi connectivity index (χ1n) is 5.58. The van der Waals surface area contributed by atoms with Crippen molar-refractivity contribution in [3.8, 4) is 0 Å². The fourth-order valence-corrected chi connectivity index (χ4v) is 1.94. The van der Waals surface area contributed by atoms with Crippen LogP contribution in [0.1, 0.15) is 24.8 Å². The number of nitrogens with one attached hydrogen (secondary N) is 1. The molecule has 1 aromatic rings. The molecule has 3 nitrogen and oxygen atoms in total. The van der Waals surface area contributed by atoms with Crippen molar-refractivity contribution in [3.63, 3.8) is 0 Å². The summed E-state index contributed by atoms with van der Waals surface area (Å²) in [6.45, 7) is 1.89. The lowest BCUT2D eigenvalue weighted by Gasteiger charge is -2.10. The number of hydrogen-bond donors (Lipinski definition) is 1. The Morgan fingerprint density at radius 1 is 1.53 bits per heavy atom.